The van der Waals surface area contributed by atoms with Crippen LogP contribution in [0.4, 0.5) is 8.78 Å². The van der Waals surface area contributed by atoms with Crippen LogP contribution in [0, 0.1) is 13.8 Å². The zero-order chi connectivity index (χ0) is 20.3. The first-order valence-corrected chi connectivity index (χ1v) is 8.12. The topological polar surface area (TPSA) is 85.5 Å². The number of hydrogen-bond donors (Lipinski definition) is 1. The van der Waals surface area contributed by atoms with Crippen LogP contribution in [-0.4, -0.2) is 35.2 Å². The number of halogens is 2. The summed E-state index contributed by atoms with van der Waals surface area (Å²) in [6.45, 7) is 3.07. The minimum Gasteiger partial charge on any atom is -0.451 e. The van der Waals surface area contributed by atoms with Gasteiger partial charge in [0.2, 0.25) is 5.78 Å². The van der Waals surface area contributed by atoms with E-state index in [4.69, 9.17) is 4.74 Å². The van der Waals surface area contributed by atoms with Crippen LogP contribution in [0.25, 0.3) is 0 Å². The number of alkyl halides is 2. The Labute approximate surface area is 154 Å². The van der Waals surface area contributed by atoms with Crippen LogP contribution in [-0.2, 0) is 4.74 Å². The number of aromatic nitrogens is 1. The molecule has 2 rings (SSSR count). The Hall–Kier alpha value is -3.03. The van der Waals surface area contributed by atoms with Gasteiger partial charge in [-0.15, -0.1) is 0 Å². The Balaban J connectivity index is 2.16. The highest BCUT2D eigenvalue weighted by atomic mass is 19.3. The molecule has 1 aromatic heterocycles. The minimum atomic E-state index is -3.02. The molecule has 6 nitrogen and oxygen atoms in total. The van der Waals surface area contributed by atoms with Gasteiger partial charge in [0.1, 0.15) is 5.75 Å². The van der Waals surface area contributed by atoms with Crippen molar-refractivity contribution in [2.45, 2.75) is 40.4 Å². The van der Waals surface area contributed by atoms with Crippen LogP contribution in [0.1, 0.15) is 56.3 Å². The molecule has 1 N–H and O–H groups in total. The van der Waals surface area contributed by atoms with Gasteiger partial charge >= 0.3 is 12.6 Å². The van der Waals surface area contributed by atoms with Gasteiger partial charge in [-0.3, -0.25) is 9.59 Å². The molecule has 144 valence electrons. The van der Waals surface area contributed by atoms with Gasteiger partial charge in [0.25, 0.3) is 0 Å². The summed E-state index contributed by atoms with van der Waals surface area (Å²) in [5, 5.41) is 0. The number of rotatable bonds is 7. The molecule has 0 amide bonds. The number of carbonyl (C=O) groups is 3. The van der Waals surface area contributed by atoms with Crippen LogP contribution in [0.5, 0.6) is 5.75 Å². The van der Waals surface area contributed by atoms with Crippen molar-refractivity contribution in [1.29, 1.82) is 0 Å². The molecule has 0 aliphatic heterocycles. The average molecular weight is 379 g/mol. The molecule has 8 heteroatoms. The van der Waals surface area contributed by atoms with Gasteiger partial charge in [-0.05, 0) is 51.5 Å². The quantitative estimate of drug-likeness (QED) is 0.583. The van der Waals surface area contributed by atoms with Crippen molar-refractivity contribution in [3.05, 3.63) is 52.3 Å². The first-order chi connectivity index (χ1) is 12.6. The average Bonchev–Trinajstić information content (AvgIpc) is 2.88. The van der Waals surface area contributed by atoms with Crippen molar-refractivity contribution < 1.29 is 32.6 Å². The zero-order valence-corrected chi connectivity index (χ0v) is 15.3. The standard InChI is InChI=1S/C19H19F2NO5/c1-9-15(11(3)23)10(2)22-16(9)17(24)12(4)26-18(25)13-6-5-7-14(8-13)27-19(20)21/h5-8,12,19,22H,1-4H3/t12-/m1/s1. The molecule has 0 saturated carbocycles. The third-order valence-electron chi connectivity index (χ3n) is 3.98. The number of hydrogen-bond acceptors (Lipinski definition) is 5. The third kappa shape index (κ3) is 4.58. The predicted octanol–water partition coefficient (Wildman–Crippen LogP) is 3.86. The van der Waals surface area contributed by atoms with Crippen LogP contribution in [0.15, 0.2) is 24.3 Å². The molecule has 1 atom stereocenters. The molecule has 0 aliphatic rings. The number of carbonyl (C=O) groups excluding carboxylic acids is 3. The molecule has 0 saturated heterocycles. The predicted molar refractivity (Wildman–Crippen MR) is 92.6 cm³/mol. The summed E-state index contributed by atoms with van der Waals surface area (Å²) in [6, 6.07) is 5.09. The molecular weight excluding hydrogens is 360 g/mol. The molecule has 0 spiro atoms. The van der Waals surface area contributed by atoms with Crippen molar-refractivity contribution in [3.63, 3.8) is 0 Å². The Bertz CT molecular complexity index is 888. The number of H-pyrrole nitrogens is 1. The SMILES string of the molecule is CC(=O)c1c(C)[nH]c(C(=O)[C@@H](C)OC(=O)c2cccc(OC(F)F)c2)c1C. The van der Waals surface area contributed by atoms with Gasteiger partial charge in [-0.2, -0.15) is 8.78 Å². The van der Waals surface area contributed by atoms with Crippen molar-refractivity contribution in [3.8, 4) is 5.75 Å². The summed E-state index contributed by atoms with van der Waals surface area (Å²) in [4.78, 5) is 39.3. The lowest BCUT2D eigenvalue weighted by atomic mass is 10.0. The maximum absolute atomic E-state index is 12.6. The highest BCUT2D eigenvalue weighted by Crippen LogP contribution is 2.21. The summed E-state index contributed by atoms with van der Waals surface area (Å²) in [7, 11) is 0. The molecule has 0 bridgehead atoms. The van der Waals surface area contributed by atoms with Crippen molar-refractivity contribution in [2.75, 3.05) is 0 Å². The first-order valence-electron chi connectivity index (χ1n) is 8.12. The number of ether oxygens (including phenoxy) is 2. The van der Waals surface area contributed by atoms with Crippen molar-refractivity contribution >= 4 is 17.5 Å². The lowest BCUT2D eigenvalue weighted by Gasteiger charge is -2.13. The molecule has 1 heterocycles. The number of esters is 1. The molecule has 2 aromatic rings. The fraction of sp³-hybridized carbons (Fsp3) is 0.316. The summed E-state index contributed by atoms with van der Waals surface area (Å²) in [5.74, 6) is -1.74. The van der Waals surface area contributed by atoms with E-state index in [9.17, 15) is 23.2 Å². The van der Waals surface area contributed by atoms with Gasteiger partial charge < -0.3 is 14.5 Å². The highest BCUT2D eigenvalue weighted by molar-refractivity contribution is 6.05. The molecular formula is C19H19F2NO5. The zero-order valence-electron chi connectivity index (χ0n) is 15.3. The van der Waals surface area contributed by atoms with E-state index in [1.54, 1.807) is 13.8 Å². The largest absolute Gasteiger partial charge is 0.451 e. The third-order valence-corrected chi connectivity index (χ3v) is 3.98. The summed E-state index contributed by atoms with van der Waals surface area (Å²) >= 11 is 0. The summed E-state index contributed by atoms with van der Waals surface area (Å²) in [5.41, 5.74) is 1.62. The van der Waals surface area contributed by atoms with Gasteiger partial charge in [-0.1, -0.05) is 6.07 Å². The summed E-state index contributed by atoms with van der Waals surface area (Å²) in [6.07, 6.45) is -1.14. The van der Waals surface area contributed by atoms with E-state index in [2.05, 4.69) is 9.72 Å². The lowest BCUT2D eigenvalue weighted by molar-refractivity contribution is -0.0499. The van der Waals surface area contributed by atoms with Crippen LogP contribution >= 0.6 is 0 Å². The number of Topliss-reactive ketones (excluding diaryl/α,β-unsaturated/α-hetero) is 2. The maximum atomic E-state index is 12.6. The number of nitrogens with one attached hydrogen (secondary N) is 1. The Morgan fingerprint density at radius 1 is 1.15 bits per heavy atom. The van der Waals surface area contributed by atoms with E-state index in [0.717, 1.165) is 6.07 Å². The van der Waals surface area contributed by atoms with Crippen LogP contribution in [0.3, 0.4) is 0 Å². The smallest absolute Gasteiger partial charge is 0.387 e. The summed E-state index contributed by atoms with van der Waals surface area (Å²) < 4.78 is 33.9. The van der Waals surface area contributed by atoms with Gasteiger partial charge in [0.05, 0.1) is 11.3 Å². The number of aryl methyl sites for hydroxylation is 1. The van der Waals surface area contributed by atoms with Gasteiger partial charge in [0.15, 0.2) is 11.9 Å². The van der Waals surface area contributed by atoms with Gasteiger partial charge in [0, 0.05) is 11.3 Å². The van der Waals surface area contributed by atoms with E-state index in [0.29, 0.717) is 16.8 Å². The second-order valence-electron chi connectivity index (χ2n) is 6.00. The highest BCUT2D eigenvalue weighted by Gasteiger charge is 2.26. The maximum Gasteiger partial charge on any atom is 0.387 e. The van der Waals surface area contributed by atoms with E-state index in [-0.39, 0.29) is 22.8 Å². The number of aromatic amines is 1. The fourth-order valence-electron chi connectivity index (χ4n) is 2.81. The Morgan fingerprint density at radius 3 is 2.37 bits per heavy atom. The van der Waals surface area contributed by atoms with E-state index in [1.165, 1.54) is 32.0 Å². The van der Waals surface area contributed by atoms with Crippen LogP contribution < -0.4 is 4.74 Å². The van der Waals surface area contributed by atoms with E-state index >= 15 is 0 Å². The fourth-order valence-corrected chi connectivity index (χ4v) is 2.81. The molecule has 0 unspecified atom stereocenters. The Kier molecular flexibility index (Phi) is 6.09. The number of ketones is 2. The second-order valence-corrected chi connectivity index (χ2v) is 6.00. The lowest BCUT2D eigenvalue weighted by Crippen LogP contribution is -2.25. The number of benzene rings is 1. The molecule has 27 heavy (non-hydrogen) atoms. The monoisotopic (exact) mass is 379 g/mol. The van der Waals surface area contributed by atoms with Crippen molar-refractivity contribution in [2.24, 2.45) is 0 Å². The van der Waals surface area contributed by atoms with Gasteiger partial charge in [-0.25, -0.2) is 4.79 Å². The molecule has 0 aliphatic carbocycles. The van der Waals surface area contributed by atoms with E-state index in [1.807, 2.05) is 0 Å². The molecule has 1 aromatic carbocycles. The first kappa shape index (κ1) is 20.3. The van der Waals surface area contributed by atoms with Crippen molar-refractivity contribution in [1.82, 2.24) is 4.98 Å². The second kappa shape index (κ2) is 8.11. The Morgan fingerprint density at radius 2 is 1.81 bits per heavy atom. The molecule has 0 radical (unpaired) electrons. The van der Waals surface area contributed by atoms with Crippen LogP contribution in [0.2, 0.25) is 0 Å². The minimum absolute atomic E-state index is 0.0309. The van der Waals surface area contributed by atoms with E-state index < -0.39 is 24.5 Å². The molecule has 0 fully saturated rings. The normalized spacial score (nSPS) is 12.0.